The van der Waals surface area contributed by atoms with Crippen molar-refractivity contribution in [3.63, 3.8) is 0 Å². The van der Waals surface area contributed by atoms with Crippen molar-refractivity contribution >= 4 is 33.6 Å². The molecule has 4 rings (SSSR count). The molecule has 0 fully saturated rings. The number of rotatable bonds is 1. The summed E-state index contributed by atoms with van der Waals surface area (Å²) in [5.74, 6) is 0.787. The van der Waals surface area contributed by atoms with Gasteiger partial charge in [0, 0.05) is 9.75 Å². The molecule has 0 bridgehead atoms. The first-order chi connectivity index (χ1) is 10.9. The molecule has 1 aliphatic carbocycles. The van der Waals surface area contributed by atoms with Crippen LogP contribution in [-0.2, 0) is 12.8 Å². The van der Waals surface area contributed by atoms with Crippen molar-refractivity contribution in [1.29, 1.82) is 0 Å². The van der Waals surface area contributed by atoms with E-state index in [-0.39, 0.29) is 12.1 Å². The Morgan fingerprint density at radius 1 is 1.26 bits per heavy atom. The van der Waals surface area contributed by atoms with Gasteiger partial charge in [-0.25, -0.2) is 0 Å². The first kappa shape index (κ1) is 15.2. The van der Waals surface area contributed by atoms with Crippen molar-refractivity contribution in [2.45, 2.75) is 46.2 Å². The molecule has 0 unspecified atom stereocenters. The van der Waals surface area contributed by atoms with E-state index >= 15 is 0 Å². The van der Waals surface area contributed by atoms with E-state index in [4.69, 9.17) is 0 Å². The fraction of sp³-hybridized carbons (Fsp3) is 0.500. The average Bonchev–Trinajstić information content (AvgIpc) is 3.12. The number of thiophene rings is 2. The summed E-state index contributed by atoms with van der Waals surface area (Å²) in [5.41, 5.74) is 2.53. The molecule has 0 radical (unpaired) electrons. The van der Waals surface area contributed by atoms with Crippen molar-refractivity contribution in [3.05, 3.63) is 38.4 Å². The van der Waals surface area contributed by atoms with Crippen LogP contribution in [0.15, 0.2) is 17.5 Å². The van der Waals surface area contributed by atoms with E-state index in [1.54, 1.807) is 22.7 Å². The minimum atomic E-state index is -0.0893. The standard InChI is InChI=1S/C18H22N2OS2/c1-18(2,3)10-6-7-11-13(9-10)23-17-14(11)16(21)19-15(20-17)12-5-4-8-22-12/h4-5,8,10,15,20H,6-7,9H2,1-3H3,(H,19,21)/t10-,15-/m0/s1. The fourth-order valence-corrected chi connectivity index (χ4v) is 5.71. The highest BCUT2D eigenvalue weighted by atomic mass is 32.1. The highest BCUT2D eigenvalue weighted by Crippen LogP contribution is 2.46. The topological polar surface area (TPSA) is 41.1 Å². The number of anilines is 1. The molecule has 1 aliphatic heterocycles. The maximum Gasteiger partial charge on any atom is 0.256 e. The second kappa shape index (κ2) is 5.35. The molecular formula is C18H22N2OS2. The lowest BCUT2D eigenvalue weighted by molar-refractivity contribution is 0.0935. The predicted octanol–water partition coefficient (Wildman–Crippen LogP) is 4.81. The van der Waals surface area contributed by atoms with E-state index in [9.17, 15) is 4.79 Å². The van der Waals surface area contributed by atoms with Gasteiger partial charge >= 0.3 is 0 Å². The first-order valence-corrected chi connectivity index (χ1v) is 9.88. The molecule has 2 atom stereocenters. The maximum atomic E-state index is 12.7. The van der Waals surface area contributed by atoms with Crippen molar-refractivity contribution in [2.24, 2.45) is 11.3 Å². The average molecular weight is 347 g/mol. The summed E-state index contributed by atoms with van der Waals surface area (Å²) in [5, 5.41) is 9.77. The Kier molecular flexibility index (Phi) is 3.54. The molecule has 1 amide bonds. The predicted molar refractivity (Wildman–Crippen MR) is 97.4 cm³/mol. The summed E-state index contributed by atoms with van der Waals surface area (Å²) in [6.45, 7) is 6.98. The molecular weight excluding hydrogens is 324 g/mol. The SMILES string of the molecule is CC(C)(C)[C@H]1CCc2c(sc3c2C(=O)N[C@H](c2cccs2)N3)C1. The number of carbonyl (C=O) groups is 1. The molecule has 2 aromatic heterocycles. The second-order valence-electron chi connectivity index (χ2n) is 7.58. The Labute approximate surface area is 145 Å². The fourth-order valence-electron chi connectivity index (χ4n) is 3.64. The van der Waals surface area contributed by atoms with E-state index in [1.165, 1.54) is 16.9 Å². The van der Waals surface area contributed by atoms with Crippen molar-refractivity contribution in [3.8, 4) is 0 Å². The number of nitrogens with one attached hydrogen (secondary N) is 2. The van der Waals surface area contributed by atoms with Crippen LogP contribution in [-0.4, -0.2) is 5.91 Å². The highest BCUT2D eigenvalue weighted by molar-refractivity contribution is 7.16. The van der Waals surface area contributed by atoms with Gasteiger partial charge in [-0.3, -0.25) is 4.79 Å². The van der Waals surface area contributed by atoms with Crippen molar-refractivity contribution < 1.29 is 4.79 Å². The number of fused-ring (bicyclic) bond motifs is 3. The number of hydrogen-bond donors (Lipinski definition) is 2. The summed E-state index contributed by atoms with van der Waals surface area (Å²) in [6.07, 6.45) is 3.23. The molecule has 0 aromatic carbocycles. The summed E-state index contributed by atoms with van der Waals surface area (Å²) in [7, 11) is 0. The normalized spacial score (nSPS) is 23.7. The second-order valence-corrected chi connectivity index (χ2v) is 9.66. The largest absolute Gasteiger partial charge is 0.352 e. The van der Waals surface area contributed by atoms with E-state index in [0.29, 0.717) is 11.3 Å². The van der Waals surface area contributed by atoms with Gasteiger partial charge in [0.2, 0.25) is 0 Å². The van der Waals surface area contributed by atoms with Gasteiger partial charge in [0.15, 0.2) is 0 Å². The van der Waals surface area contributed by atoms with Gasteiger partial charge in [-0.05, 0) is 47.6 Å². The lowest BCUT2D eigenvalue weighted by Crippen LogP contribution is -2.38. The quantitative estimate of drug-likeness (QED) is 0.777. The van der Waals surface area contributed by atoms with Crippen LogP contribution >= 0.6 is 22.7 Å². The van der Waals surface area contributed by atoms with E-state index in [1.807, 2.05) is 11.4 Å². The van der Waals surface area contributed by atoms with Crippen LogP contribution in [0.1, 0.15) is 59.0 Å². The Morgan fingerprint density at radius 2 is 2.09 bits per heavy atom. The molecule has 0 saturated heterocycles. The first-order valence-electron chi connectivity index (χ1n) is 8.19. The Balaban J connectivity index is 1.66. The van der Waals surface area contributed by atoms with Crippen molar-refractivity contribution in [1.82, 2.24) is 5.32 Å². The molecule has 0 saturated carbocycles. The zero-order chi connectivity index (χ0) is 16.2. The van der Waals surface area contributed by atoms with Crippen LogP contribution in [0.2, 0.25) is 0 Å². The van der Waals surface area contributed by atoms with Crippen molar-refractivity contribution in [2.75, 3.05) is 5.32 Å². The van der Waals surface area contributed by atoms with E-state index < -0.39 is 0 Å². The van der Waals surface area contributed by atoms with Gasteiger partial charge in [0.1, 0.15) is 11.2 Å². The monoisotopic (exact) mass is 346 g/mol. The third kappa shape index (κ3) is 2.60. The molecule has 122 valence electrons. The highest BCUT2D eigenvalue weighted by Gasteiger charge is 2.36. The van der Waals surface area contributed by atoms with Gasteiger partial charge in [0.05, 0.1) is 5.56 Å². The number of hydrogen-bond acceptors (Lipinski definition) is 4. The number of carbonyl (C=O) groups excluding carboxylic acids is 1. The molecule has 5 heteroatoms. The van der Waals surface area contributed by atoms with Crippen LogP contribution in [0.5, 0.6) is 0 Å². The van der Waals surface area contributed by atoms with Gasteiger partial charge in [-0.1, -0.05) is 26.8 Å². The summed E-state index contributed by atoms with van der Waals surface area (Å²) in [6, 6.07) is 4.09. The summed E-state index contributed by atoms with van der Waals surface area (Å²) >= 11 is 3.47. The lowest BCUT2D eigenvalue weighted by Gasteiger charge is -2.34. The number of amides is 1. The van der Waals surface area contributed by atoms with Crippen LogP contribution in [0.25, 0.3) is 0 Å². The molecule has 2 aromatic rings. The minimum Gasteiger partial charge on any atom is -0.352 e. The van der Waals surface area contributed by atoms with E-state index in [2.05, 4.69) is 37.5 Å². The third-order valence-electron chi connectivity index (χ3n) is 5.10. The van der Waals surface area contributed by atoms with Crippen LogP contribution in [0.3, 0.4) is 0 Å². The van der Waals surface area contributed by atoms with Gasteiger partial charge < -0.3 is 10.6 Å². The van der Waals surface area contributed by atoms with E-state index in [0.717, 1.165) is 28.3 Å². The summed E-state index contributed by atoms with van der Waals surface area (Å²) < 4.78 is 0. The smallest absolute Gasteiger partial charge is 0.256 e. The summed E-state index contributed by atoms with van der Waals surface area (Å²) in [4.78, 5) is 15.2. The van der Waals surface area contributed by atoms with Crippen LogP contribution in [0, 0.1) is 11.3 Å². The minimum absolute atomic E-state index is 0.0869. The van der Waals surface area contributed by atoms with Crippen LogP contribution < -0.4 is 10.6 Å². The lowest BCUT2D eigenvalue weighted by atomic mass is 9.72. The third-order valence-corrected chi connectivity index (χ3v) is 7.22. The zero-order valence-electron chi connectivity index (χ0n) is 13.7. The van der Waals surface area contributed by atoms with Gasteiger partial charge in [0.25, 0.3) is 5.91 Å². The Hall–Kier alpha value is -1.33. The van der Waals surface area contributed by atoms with Gasteiger partial charge in [-0.2, -0.15) is 0 Å². The molecule has 2 aliphatic rings. The Bertz CT molecular complexity index is 740. The Morgan fingerprint density at radius 3 is 2.78 bits per heavy atom. The molecule has 2 N–H and O–H groups in total. The van der Waals surface area contributed by atoms with Crippen LogP contribution in [0.4, 0.5) is 5.00 Å². The molecule has 0 spiro atoms. The molecule has 3 heterocycles. The van der Waals surface area contributed by atoms with Gasteiger partial charge in [-0.15, -0.1) is 22.7 Å². The molecule has 23 heavy (non-hydrogen) atoms. The molecule has 3 nitrogen and oxygen atoms in total. The zero-order valence-corrected chi connectivity index (χ0v) is 15.4. The maximum absolute atomic E-state index is 12.7.